The number of hydrogen-bond donors (Lipinski definition) is 1. The van der Waals surface area contributed by atoms with Crippen molar-refractivity contribution >= 4 is 15.5 Å². The molecule has 0 radical (unpaired) electrons. The lowest BCUT2D eigenvalue weighted by Crippen LogP contribution is -2.28. The van der Waals surface area contributed by atoms with Gasteiger partial charge in [-0.3, -0.25) is 0 Å². The van der Waals surface area contributed by atoms with Crippen LogP contribution in [0.15, 0.2) is 24.7 Å². The molecular weight excluding hydrogens is 316 g/mol. The smallest absolute Gasteiger partial charge is 0.168 e. The molecule has 2 rings (SSSR count). The van der Waals surface area contributed by atoms with Gasteiger partial charge < -0.3 is 14.7 Å². The van der Waals surface area contributed by atoms with Crippen molar-refractivity contribution in [3.05, 3.63) is 42.0 Å². The van der Waals surface area contributed by atoms with Gasteiger partial charge in [-0.15, -0.1) is 0 Å². The van der Waals surface area contributed by atoms with E-state index in [9.17, 15) is 8.78 Å². The third-order valence-corrected chi connectivity index (χ3v) is 5.09. The van der Waals surface area contributed by atoms with Gasteiger partial charge in [-0.2, -0.15) is 0 Å². The predicted octanol–water partition coefficient (Wildman–Crippen LogP) is 3.29. The minimum atomic E-state index is -0.787. The third-order valence-electron chi connectivity index (χ3n) is 3.36. The quantitative estimate of drug-likeness (QED) is 0.687. The average Bonchev–Trinajstić information content (AvgIpc) is 2.85. The van der Waals surface area contributed by atoms with Crippen molar-refractivity contribution in [1.82, 2.24) is 9.55 Å². The molecule has 1 heterocycles. The van der Waals surface area contributed by atoms with E-state index in [-0.39, 0.29) is 16.4 Å². The maximum absolute atomic E-state index is 14.0. The van der Waals surface area contributed by atoms with Crippen LogP contribution in [-0.4, -0.2) is 19.3 Å². The molecule has 2 N–H and O–H groups in total. The van der Waals surface area contributed by atoms with E-state index in [4.69, 9.17) is 10.2 Å². The first kappa shape index (κ1) is 17.6. The van der Waals surface area contributed by atoms with Crippen LogP contribution in [0.25, 0.3) is 5.69 Å². The number of aromatic nitrogens is 2. The Morgan fingerprint density at radius 3 is 2.22 bits per heavy atom. The first-order valence-corrected chi connectivity index (χ1v) is 8.71. The number of halogens is 2. The minimum Gasteiger partial charge on any atom is -0.413 e. The predicted molar refractivity (Wildman–Crippen MR) is 90.3 cm³/mol. The fourth-order valence-corrected chi connectivity index (χ4v) is 3.00. The number of nitrogen functional groups attached to an aromatic ring is 1. The van der Waals surface area contributed by atoms with Crippen LogP contribution in [-0.2, 0) is 10.0 Å². The molecule has 0 aliphatic carbocycles. The second-order valence-corrected chi connectivity index (χ2v) is 10.1. The largest absolute Gasteiger partial charge is 0.413 e. The van der Waals surface area contributed by atoms with Gasteiger partial charge in [-0.25, -0.2) is 13.8 Å². The van der Waals surface area contributed by atoms with Crippen LogP contribution in [0.3, 0.4) is 0 Å². The van der Waals surface area contributed by atoms with E-state index in [1.165, 1.54) is 10.9 Å². The van der Waals surface area contributed by atoms with Crippen LogP contribution >= 0.6 is 0 Å². The number of benzene rings is 1. The molecule has 0 unspecified atom stereocenters. The fraction of sp³-hybridized carbons (Fsp3) is 0.438. The van der Waals surface area contributed by atoms with Gasteiger partial charge in [-0.1, -0.05) is 20.8 Å². The summed E-state index contributed by atoms with van der Waals surface area (Å²) in [5.74, 6) is -1.46. The number of nitrogens with zero attached hydrogens (tertiary/aromatic N) is 2. The lowest BCUT2D eigenvalue weighted by atomic mass is 10.1. The van der Waals surface area contributed by atoms with Gasteiger partial charge in [0.1, 0.15) is 5.69 Å². The molecule has 0 atom stereocenters. The summed E-state index contributed by atoms with van der Waals surface area (Å²) >= 11 is 0. The van der Waals surface area contributed by atoms with E-state index in [1.807, 2.05) is 13.8 Å². The van der Waals surface area contributed by atoms with Gasteiger partial charge in [0.15, 0.2) is 21.4 Å². The van der Waals surface area contributed by atoms with Crippen molar-refractivity contribution < 1.29 is 13.2 Å². The molecule has 0 saturated heterocycles. The first-order chi connectivity index (χ1) is 10.5. The van der Waals surface area contributed by atoms with Gasteiger partial charge >= 0.3 is 0 Å². The van der Waals surface area contributed by atoms with Crippen LogP contribution < -0.4 is 5.73 Å². The normalized spacial score (nSPS) is 13.2. The summed E-state index contributed by atoms with van der Waals surface area (Å²) in [6.07, 6.45) is 2.98. The summed E-state index contributed by atoms with van der Waals surface area (Å²) < 4.78 is 35.4. The lowest BCUT2D eigenvalue weighted by molar-refractivity contribution is 0.105. The zero-order valence-electron chi connectivity index (χ0n) is 14.2. The highest BCUT2D eigenvalue weighted by molar-refractivity contribution is 6.31. The van der Waals surface area contributed by atoms with Crippen LogP contribution in [0.1, 0.15) is 40.3 Å². The molecule has 0 aliphatic heterocycles. The molecular formula is C16H23F2N3OSi. The van der Waals surface area contributed by atoms with E-state index in [0.29, 0.717) is 5.69 Å². The van der Waals surface area contributed by atoms with Gasteiger partial charge in [0, 0.05) is 11.9 Å². The molecule has 4 nitrogen and oxygen atoms in total. The molecule has 2 aromatic rings. The molecule has 0 saturated carbocycles. The van der Waals surface area contributed by atoms with Crippen molar-refractivity contribution in [2.45, 2.75) is 45.3 Å². The van der Waals surface area contributed by atoms with Crippen molar-refractivity contribution in [2.24, 2.45) is 0 Å². The van der Waals surface area contributed by atoms with Crippen molar-refractivity contribution in [1.29, 1.82) is 0 Å². The topological polar surface area (TPSA) is 53.1 Å². The monoisotopic (exact) mass is 339 g/mol. The summed E-state index contributed by atoms with van der Waals surface area (Å²) in [6.45, 7) is 10.2. The Bertz CT molecular complexity index is 685. The van der Waals surface area contributed by atoms with E-state index in [0.717, 1.165) is 12.1 Å². The van der Waals surface area contributed by atoms with Crippen LogP contribution in [0.5, 0.6) is 0 Å². The van der Waals surface area contributed by atoms with Gasteiger partial charge in [0.05, 0.1) is 17.6 Å². The lowest BCUT2D eigenvalue weighted by Gasteiger charge is -2.28. The second kappa shape index (κ2) is 6.05. The fourth-order valence-electron chi connectivity index (χ4n) is 2.06. The summed E-state index contributed by atoms with van der Waals surface area (Å²) in [4.78, 5) is 4.27. The van der Waals surface area contributed by atoms with Gasteiger partial charge in [-0.05, 0) is 31.0 Å². The molecule has 7 heteroatoms. The second-order valence-electron chi connectivity index (χ2n) is 7.36. The van der Waals surface area contributed by atoms with Crippen LogP contribution in [0.2, 0.25) is 5.04 Å². The molecule has 0 fully saturated rings. The SMILES string of the molecule is CC(C)(C)[SiH2]OC(C)(C)c1cn(-c2c(F)cc(N)cc2F)cn1. The summed E-state index contributed by atoms with van der Waals surface area (Å²) in [5, 5.41) is 0.148. The zero-order chi connectivity index (χ0) is 17.4. The molecule has 1 aromatic carbocycles. The average molecular weight is 339 g/mol. The van der Waals surface area contributed by atoms with Crippen molar-refractivity contribution in [3.8, 4) is 5.69 Å². The number of nitrogens with two attached hydrogens (primary N) is 1. The highest BCUT2D eigenvalue weighted by atomic mass is 28.2. The van der Waals surface area contributed by atoms with Gasteiger partial charge in [0.25, 0.3) is 0 Å². The number of imidazole rings is 1. The maximum atomic E-state index is 14.0. The molecule has 0 amide bonds. The molecule has 0 aliphatic rings. The van der Waals surface area contributed by atoms with E-state index >= 15 is 0 Å². The van der Waals surface area contributed by atoms with E-state index < -0.39 is 27.0 Å². The molecule has 23 heavy (non-hydrogen) atoms. The maximum Gasteiger partial charge on any atom is 0.168 e. The van der Waals surface area contributed by atoms with Crippen molar-refractivity contribution in [2.75, 3.05) is 5.73 Å². The standard InChI is InChI=1S/C16H23F2N3OSi/c1-15(2,3)23-22-16(4,5)13-8-21(9-20-13)14-11(17)6-10(19)7-12(14)18/h6-9H,19,23H2,1-5H3. The highest BCUT2D eigenvalue weighted by Crippen LogP contribution is 2.29. The molecule has 0 bridgehead atoms. The number of hydrogen-bond acceptors (Lipinski definition) is 3. The summed E-state index contributed by atoms with van der Waals surface area (Å²) in [5.41, 5.74) is 5.32. The summed E-state index contributed by atoms with van der Waals surface area (Å²) in [6, 6.07) is 2.18. The van der Waals surface area contributed by atoms with E-state index in [2.05, 4.69) is 25.8 Å². The first-order valence-electron chi connectivity index (χ1n) is 7.43. The Kier molecular flexibility index (Phi) is 4.63. The van der Waals surface area contributed by atoms with Gasteiger partial charge in [0.2, 0.25) is 0 Å². The number of rotatable bonds is 4. The van der Waals surface area contributed by atoms with Crippen LogP contribution in [0, 0.1) is 11.6 Å². The Morgan fingerprint density at radius 1 is 1.13 bits per heavy atom. The van der Waals surface area contributed by atoms with Crippen molar-refractivity contribution in [3.63, 3.8) is 0 Å². The zero-order valence-corrected chi connectivity index (χ0v) is 15.6. The number of anilines is 1. The van der Waals surface area contributed by atoms with Crippen LogP contribution in [0.4, 0.5) is 14.5 Å². The Hall–Kier alpha value is -1.73. The Labute approximate surface area is 137 Å². The summed E-state index contributed by atoms with van der Waals surface area (Å²) in [7, 11) is -0.787. The van der Waals surface area contributed by atoms with E-state index in [1.54, 1.807) is 6.20 Å². The third kappa shape index (κ3) is 4.17. The molecule has 1 aromatic heterocycles. The molecule has 0 spiro atoms. The Morgan fingerprint density at radius 2 is 1.70 bits per heavy atom. The Balaban J connectivity index is 2.31. The minimum absolute atomic E-state index is 0.0453. The molecule has 126 valence electrons. The highest BCUT2D eigenvalue weighted by Gasteiger charge is 2.27.